The molecule has 1 aromatic heterocycles. The van der Waals surface area contributed by atoms with E-state index in [4.69, 9.17) is 5.11 Å². The molecular weight excluding hydrogens is 252 g/mol. The predicted octanol–water partition coefficient (Wildman–Crippen LogP) is 2.06. The smallest absolute Gasteiger partial charge is 0.503 e. The van der Waals surface area contributed by atoms with Gasteiger partial charge in [0.15, 0.2) is 5.75 Å². The zero-order valence-electron chi connectivity index (χ0n) is 7.86. The van der Waals surface area contributed by atoms with Crippen LogP contribution in [0.3, 0.4) is 0 Å². The van der Waals surface area contributed by atoms with Gasteiger partial charge in [-0.3, -0.25) is 10.1 Å². The van der Waals surface area contributed by atoms with Crippen LogP contribution in [-0.4, -0.2) is 21.4 Å². The van der Waals surface area contributed by atoms with Crippen molar-refractivity contribution in [3.05, 3.63) is 22.0 Å². The molecule has 1 rings (SSSR count). The molecule has 0 amide bonds. The second-order valence-electron chi connectivity index (χ2n) is 2.71. The Balaban J connectivity index is 3.35. The third-order valence-corrected chi connectivity index (χ3v) is 1.60. The summed E-state index contributed by atoms with van der Waals surface area (Å²) in [6.45, 7) is -1.39. The van der Waals surface area contributed by atoms with Crippen LogP contribution in [0.5, 0.6) is 11.5 Å². The summed E-state index contributed by atoms with van der Waals surface area (Å²) in [6, 6.07) is 0. The number of pyridine rings is 1. The maximum Gasteiger partial charge on any atom is 0.573 e. The van der Waals surface area contributed by atoms with Crippen molar-refractivity contribution in [1.29, 1.82) is 0 Å². The van der Waals surface area contributed by atoms with Crippen LogP contribution in [0.2, 0.25) is 0 Å². The van der Waals surface area contributed by atoms with E-state index in [9.17, 15) is 27.7 Å². The SMILES string of the molecule is O=[N+]([O-])c1cnc(CF)c(O)c1OC(F)(F)F. The number of ether oxygens (including phenoxy) is 1. The minimum atomic E-state index is -5.25. The maximum absolute atomic E-state index is 12.2. The van der Waals surface area contributed by atoms with E-state index < -0.39 is 40.8 Å². The first kappa shape index (κ1) is 12.9. The highest BCUT2D eigenvalue weighted by Gasteiger charge is 2.37. The number of halogens is 4. The quantitative estimate of drug-likeness (QED) is 0.508. The summed E-state index contributed by atoms with van der Waals surface area (Å²) >= 11 is 0. The van der Waals surface area contributed by atoms with Crippen LogP contribution in [0.15, 0.2) is 6.20 Å². The lowest BCUT2D eigenvalue weighted by Gasteiger charge is -2.11. The van der Waals surface area contributed by atoms with Crippen molar-refractivity contribution < 1.29 is 32.3 Å². The number of alkyl halides is 4. The minimum Gasteiger partial charge on any atom is -0.503 e. The van der Waals surface area contributed by atoms with Crippen LogP contribution in [0, 0.1) is 10.1 Å². The molecule has 10 heteroatoms. The highest BCUT2D eigenvalue weighted by Crippen LogP contribution is 2.40. The van der Waals surface area contributed by atoms with Crippen LogP contribution in [0.1, 0.15) is 5.69 Å². The van der Waals surface area contributed by atoms with Crippen LogP contribution in [0.25, 0.3) is 0 Å². The standard InChI is InChI=1S/C7H4F4N2O4/c8-1-3-5(14)6(17-7(9,10)11)4(2-12-3)13(15)16/h2,14H,1H2. The normalized spacial score (nSPS) is 11.3. The van der Waals surface area contributed by atoms with E-state index in [0.717, 1.165) is 0 Å². The van der Waals surface area contributed by atoms with Crippen molar-refractivity contribution in [1.82, 2.24) is 4.98 Å². The Hall–Kier alpha value is -2.13. The highest BCUT2D eigenvalue weighted by atomic mass is 19.4. The predicted molar refractivity (Wildman–Crippen MR) is 44.1 cm³/mol. The summed E-state index contributed by atoms with van der Waals surface area (Å²) < 4.78 is 51.3. The summed E-state index contributed by atoms with van der Waals surface area (Å²) in [6.07, 6.45) is -4.88. The van der Waals surface area contributed by atoms with Gasteiger partial charge in [-0.1, -0.05) is 0 Å². The molecule has 0 aromatic carbocycles. The first-order chi connectivity index (χ1) is 7.76. The van der Waals surface area contributed by atoms with Gasteiger partial charge in [-0.05, 0) is 0 Å². The summed E-state index contributed by atoms with van der Waals surface area (Å²) in [7, 11) is 0. The van der Waals surface area contributed by atoms with Crippen molar-refractivity contribution in [2.75, 3.05) is 0 Å². The molecule has 6 nitrogen and oxygen atoms in total. The average molecular weight is 256 g/mol. The van der Waals surface area contributed by atoms with E-state index >= 15 is 0 Å². The molecule has 17 heavy (non-hydrogen) atoms. The van der Waals surface area contributed by atoms with Gasteiger partial charge in [0, 0.05) is 0 Å². The zero-order chi connectivity index (χ0) is 13.2. The molecule has 0 unspecified atom stereocenters. The van der Waals surface area contributed by atoms with Gasteiger partial charge in [-0.2, -0.15) is 0 Å². The van der Waals surface area contributed by atoms with E-state index in [1.54, 1.807) is 0 Å². The fourth-order valence-corrected chi connectivity index (χ4v) is 0.955. The fraction of sp³-hybridized carbons (Fsp3) is 0.286. The van der Waals surface area contributed by atoms with Gasteiger partial charge in [0.2, 0.25) is 0 Å². The van der Waals surface area contributed by atoms with E-state index in [1.165, 1.54) is 0 Å². The number of rotatable bonds is 3. The Labute approximate surface area is 90.6 Å². The van der Waals surface area contributed by atoms with Crippen LogP contribution in [0.4, 0.5) is 23.2 Å². The number of nitrogens with zero attached hydrogens (tertiary/aromatic N) is 2. The van der Waals surface area contributed by atoms with Crippen LogP contribution < -0.4 is 4.74 Å². The lowest BCUT2D eigenvalue weighted by molar-refractivity contribution is -0.389. The minimum absolute atomic E-state index is 0.371. The molecule has 0 radical (unpaired) electrons. The van der Waals surface area contributed by atoms with E-state index in [2.05, 4.69) is 9.72 Å². The molecule has 0 aliphatic rings. The molecule has 0 bridgehead atoms. The Morgan fingerprint density at radius 1 is 1.53 bits per heavy atom. The molecule has 94 valence electrons. The third-order valence-electron chi connectivity index (χ3n) is 1.60. The van der Waals surface area contributed by atoms with Gasteiger partial charge in [-0.15, -0.1) is 13.2 Å². The van der Waals surface area contributed by atoms with Crippen LogP contribution in [-0.2, 0) is 6.67 Å². The van der Waals surface area contributed by atoms with Gasteiger partial charge >= 0.3 is 12.0 Å². The molecule has 0 fully saturated rings. The third kappa shape index (κ3) is 2.92. The first-order valence-electron chi connectivity index (χ1n) is 3.93. The second kappa shape index (κ2) is 4.39. The molecule has 1 heterocycles. The lowest BCUT2D eigenvalue weighted by atomic mass is 10.3. The van der Waals surface area contributed by atoms with Gasteiger partial charge in [0.05, 0.1) is 4.92 Å². The number of hydrogen-bond acceptors (Lipinski definition) is 5. The zero-order valence-corrected chi connectivity index (χ0v) is 7.86. The maximum atomic E-state index is 12.2. The second-order valence-corrected chi connectivity index (χ2v) is 2.71. The molecule has 0 atom stereocenters. The van der Waals surface area contributed by atoms with E-state index in [-0.39, 0.29) is 0 Å². The van der Waals surface area contributed by atoms with Crippen molar-refractivity contribution in [2.45, 2.75) is 13.0 Å². The highest BCUT2D eigenvalue weighted by molar-refractivity contribution is 5.55. The molecule has 0 saturated carbocycles. The lowest BCUT2D eigenvalue weighted by Crippen LogP contribution is -2.18. The summed E-state index contributed by atoms with van der Waals surface area (Å²) in [5.41, 5.74) is -1.99. The van der Waals surface area contributed by atoms with Gasteiger partial charge in [0.1, 0.15) is 18.6 Å². The van der Waals surface area contributed by atoms with Gasteiger partial charge in [0.25, 0.3) is 5.75 Å². The summed E-state index contributed by atoms with van der Waals surface area (Å²) in [5, 5.41) is 19.5. The summed E-state index contributed by atoms with van der Waals surface area (Å²) in [5.74, 6) is -2.83. The molecule has 0 aliphatic carbocycles. The van der Waals surface area contributed by atoms with Crippen LogP contribution >= 0.6 is 0 Å². The number of hydrogen-bond donors (Lipinski definition) is 1. The van der Waals surface area contributed by atoms with E-state index in [1.807, 2.05) is 0 Å². The monoisotopic (exact) mass is 256 g/mol. The first-order valence-corrected chi connectivity index (χ1v) is 3.93. The molecule has 0 aliphatic heterocycles. The summed E-state index contributed by atoms with van der Waals surface area (Å²) in [4.78, 5) is 12.2. The molecule has 0 spiro atoms. The fourth-order valence-electron chi connectivity index (χ4n) is 0.955. The van der Waals surface area contributed by atoms with Gasteiger partial charge < -0.3 is 9.84 Å². The van der Waals surface area contributed by atoms with Crippen molar-refractivity contribution in [3.63, 3.8) is 0 Å². The Morgan fingerprint density at radius 2 is 2.12 bits per heavy atom. The van der Waals surface area contributed by atoms with Crippen molar-refractivity contribution in [2.24, 2.45) is 0 Å². The molecule has 0 saturated heterocycles. The Morgan fingerprint density at radius 3 is 2.53 bits per heavy atom. The van der Waals surface area contributed by atoms with E-state index in [0.29, 0.717) is 6.20 Å². The Kier molecular flexibility index (Phi) is 3.34. The molecule has 1 aromatic rings. The number of aromatic hydroxyl groups is 1. The number of nitro groups is 1. The topological polar surface area (TPSA) is 85.5 Å². The molecular formula is C7H4F4N2O4. The van der Waals surface area contributed by atoms with Gasteiger partial charge in [-0.25, -0.2) is 9.37 Å². The average Bonchev–Trinajstić information content (AvgIpc) is 2.18. The van der Waals surface area contributed by atoms with Crippen molar-refractivity contribution in [3.8, 4) is 11.5 Å². The Bertz CT molecular complexity index is 448. The number of aromatic nitrogens is 1. The molecule has 1 N–H and O–H groups in total. The van der Waals surface area contributed by atoms with Crippen molar-refractivity contribution >= 4 is 5.69 Å². The largest absolute Gasteiger partial charge is 0.573 e.